The monoisotopic (exact) mass is 436 g/mol. The molecule has 1 aromatic heterocycles. The molecule has 8 heteroatoms. The molecule has 2 fully saturated rings. The Morgan fingerprint density at radius 1 is 1.31 bits per heavy atom. The average Bonchev–Trinajstić information content (AvgIpc) is 3.19. The number of aliphatic hydroxyl groups is 1. The van der Waals surface area contributed by atoms with Crippen molar-refractivity contribution in [1.82, 2.24) is 14.9 Å². The number of aliphatic hydroxyl groups excluding tert-OH is 1. The van der Waals surface area contributed by atoms with Gasteiger partial charge in [0.1, 0.15) is 17.5 Å². The van der Waals surface area contributed by atoms with Gasteiger partial charge in [-0.25, -0.2) is 4.98 Å². The minimum absolute atomic E-state index is 0. The maximum absolute atomic E-state index is 11.8. The third kappa shape index (κ3) is 4.68. The topological polar surface area (TPSA) is 114 Å². The summed E-state index contributed by atoms with van der Waals surface area (Å²) >= 11 is 0. The fraction of sp³-hybridized carbons (Fsp3) is 0.500. The van der Waals surface area contributed by atoms with Crippen LogP contribution in [-0.4, -0.2) is 51.1 Å². The Morgan fingerprint density at radius 2 is 2.06 bits per heavy atom. The van der Waals surface area contributed by atoms with Crippen LogP contribution in [0, 0.1) is 16.7 Å². The Hall–Kier alpha value is -3.18. The molecule has 1 aliphatic heterocycles. The number of nitrogens with one attached hydrogen (secondary N) is 2. The Balaban J connectivity index is 0.00000306. The summed E-state index contributed by atoms with van der Waals surface area (Å²) in [6, 6.07) is 10.5. The van der Waals surface area contributed by atoms with E-state index in [1.165, 1.54) is 11.8 Å². The number of rotatable bonds is 8. The highest BCUT2D eigenvalue weighted by Crippen LogP contribution is 2.42. The van der Waals surface area contributed by atoms with Crippen molar-refractivity contribution in [3.8, 4) is 6.07 Å². The molecule has 170 valence electrons. The van der Waals surface area contributed by atoms with Gasteiger partial charge in [0.05, 0.1) is 12.3 Å². The van der Waals surface area contributed by atoms with E-state index in [0.717, 1.165) is 24.9 Å². The molecule has 0 unspecified atom stereocenters. The number of nitrogens with zero attached hydrogens (tertiary/aromatic N) is 4. The molecular formula is C24H32N6O2. The lowest BCUT2D eigenvalue weighted by atomic mass is 9.64. The number of aromatic nitrogens is 2. The van der Waals surface area contributed by atoms with E-state index in [1.54, 1.807) is 0 Å². The number of anilines is 2. The smallest absolute Gasteiger partial charge is 0.224 e. The number of carbonyl (C=O) groups is 1. The Kier molecular flexibility index (Phi) is 6.28. The van der Waals surface area contributed by atoms with Crippen LogP contribution >= 0.6 is 0 Å². The Morgan fingerprint density at radius 3 is 2.69 bits per heavy atom. The van der Waals surface area contributed by atoms with Gasteiger partial charge in [-0.15, -0.1) is 0 Å². The molecule has 0 radical (unpaired) electrons. The minimum Gasteiger partial charge on any atom is -0.392 e. The summed E-state index contributed by atoms with van der Waals surface area (Å²) in [5, 5.41) is 25.9. The summed E-state index contributed by atoms with van der Waals surface area (Å²) in [6.45, 7) is 6.19. The van der Waals surface area contributed by atoms with Crippen molar-refractivity contribution in [2.75, 3.05) is 23.7 Å². The summed E-state index contributed by atoms with van der Waals surface area (Å²) < 4.78 is 0. The van der Waals surface area contributed by atoms with Crippen molar-refractivity contribution >= 4 is 17.7 Å². The normalized spacial score (nSPS) is 21.7. The summed E-state index contributed by atoms with van der Waals surface area (Å²) in [5.74, 6) is 1.20. The van der Waals surface area contributed by atoms with Gasteiger partial charge in [0.25, 0.3) is 0 Å². The predicted octanol–water partition coefficient (Wildman–Crippen LogP) is 2.94. The highest BCUT2D eigenvalue weighted by Gasteiger charge is 2.47. The maximum atomic E-state index is 11.8. The lowest BCUT2D eigenvalue weighted by Gasteiger charge is -2.49. The SMILES string of the molecule is CC1(C)[C@@H](O)C[C@H]1Nc1nc(NCCc2ccc(CN3CCCC3=O)cc2)ncc1C#N.[HH]. The molecule has 0 spiro atoms. The highest BCUT2D eigenvalue weighted by molar-refractivity contribution is 5.78. The van der Waals surface area contributed by atoms with Crippen molar-refractivity contribution in [3.63, 3.8) is 0 Å². The van der Waals surface area contributed by atoms with E-state index in [9.17, 15) is 15.2 Å². The quantitative estimate of drug-likeness (QED) is 0.583. The van der Waals surface area contributed by atoms with E-state index in [4.69, 9.17) is 0 Å². The first kappa shape index (κ1) is 22.0. The van der Waals surface area contributed by atoms with E-state index in [0.29, 0.717) is 43.3 Å². The van der Waals surface area contributed by atoms with Crippen molar-refractivity contribution in [2.45, 2.75) is 58.2 Å². The van der Waals surface area contributed by atoms with Gasteiger partial charge in [-0.3, -0.25) is 4.79 Å². The molecule has 4 rings (SSSR count). The number of nitriles is 1. The molecule has 1 saturated heterocycles. The lowest BCUT2D eigenvalue weighted by molar-refractivity contribution is -0.128. The van der Waals surface area contributed by atoms with Gasteiger partial charge >= 0.3 is 0 Å². The highest BCUT2D eigenvalue weighted by atomic mass is 16.3. The summed E-state index contributed by atoms with van der Waals surface area (Å²) in [5.41, 5.74) is 2.46. The predicted molar refractivity (Wildman–Crippen MR) is 124 cm³/mol. The van der Waals surface area contributed by atoms with Crippen molar-refractivity contribution < 1.29 is 11.3 Å². The van der Waals surface area contributed by atoms with Gasteiger partial charge in [0.2, 0.25) is 11.9 Å². The second kappa shape index (κ2) is 9.13. The van der Waals surface area contributed by atoms with Gasteiger partial charge < -0.3 is 20.6 Å². The summed E-state index contributed by atoms with van der Waals surface area (Å²) in [4.78, 5) is 22.4. The molecule has 3 N–H and O–H groups in total. The molecule has 1 saturated carbocycles. The van der Waals surface area contributed by atoms with Gasteiger partial charge in [-0.1, -0.05) is 38.1 Å². The van der Waals surface area contributed by atoms with E-state index in [-0.39, 0.29) is 24.9 Å². The number of benzene rings is 1. The van der Waals surface area contributed by atoms with Crippen LogP contribution in [0.5, 0.6) is 0 Å². The van der Waals surface area contributed by atoms with E-state index < -0.39 is 0 Å². The molecular weight excluding hydrogens is 404 g/mol. The molecule has 1 aromatic carbocycles. The van der Waals surface area contributed by atoms with Crippen LogP contribution in [-0.2, 0) is 17.8 Å². The molecule has 2 aromatic rings. The third-order valence-corrected chi connectivity index (χ3v) is 6.70. The van der Waals surface area contributed by atoms with E-state index in [2.05, 4.69) is 50.9 Å². The lowest BCUT2D eigenvalue weighted by Crippen LogP contribution is -2.57. The first-order chi connectivity index (χ1) is 15.4. The number of carbonyl (C=O) groups excluding carboxylic acids is 1. The third-order valence-electron chi connectivity index (χ3n) is 6.70. The van der Waals surface area contributed by atoms with Crippen LogP contribution in [0.25, 0.3) is 0 Å². The van der Waals surface area contributed by atoms with Crippen LogP contribution in [0.4, 0.5) is 11.8 Å². The zero-order valence-corrected chi connectivity index (χ0v) is 18.6. The first-order valence-electron chi connectivity index (χ1n) is 11.2. The Bertz CT molecular complexity index is 1020. The largest absolute Gasteiger partial charge is 0.392 e. The molecule has 2 aliphatic rings. The van der Waals surface area contributed by atoms with Gasteiger partial charge in [-0.2, -0.15) is 10.2 Å². The maximum Gasteiger partial charge on any atom is 0.224 e. The summed E-state index contributed by atoms with van der Waals surface area (Å²) in [6.07, 6.45) is 4.22. The first-order valence-corrected chi connectivity index (χ1v) is 11.2. The van der Waals surface area contributed by atoms with Crippen LogP contribution in [0.15, 0.2) is 30.5 Å². The van der Waals surface area contributed by atoms with E-state index >= 15 is 0 Å². The molecule has 1 amide bonds. The molecule has 32 heavy (non-hydrogen) atoms. The van der Waals surface area contributed by atoms with Crippen LogP contribution in [0.2, 0.25) is 0 Å². The Labute approximate surface area is 190 Å². The van der Waals surface area contributed by atoms with Crippen LogP contribution in [0.1, 0.15) is 51.2 Å². The fourth-order valence-corrected chi connectivity index (χ4v) is 4.19. The second-order valence-corrected chi connectivity index (χ2v) is 9.25. The molecule has 2 heterocycles. The van der Waals surface area contributed by atoms with Gasteiger partial charge in [-0.05, 0) is 30.4 Å². The second-order valence-electron chi connectivity index (χ2n) is 9.25. The number of hydrogen-bond acceptors (Lipinski definition) is 7. The fourth-order valence-electron chi connectivity index (χ4n) is 4.19. The van der Waals surface area contributed by atoms with Crippen molar-refractivity contribution in [2.24, 2.45) is 5.41 Å². The molecule has 2 atom stereocenters. The molecule has 0 bridgehead atoms. The zero-order chi connectivity index (χ0) is 22.7. The number of hydrogen-bond donors (Lipinski definition) is 3. The average molecular weight is 437 g/mol. The molecule has 8 nitrogen and oxygen atoms in total. The van der Waals surface area contributed by atoms with Crippen molar-refractivity contribution in [3.05, 3.63) is 47.2 Å². The standard InChI is InChI=1S/C24H30N6O2.H2/c1-24(2)19(12-20(24)31)28-22-18(13-25)14-27-23(29-22)26-10-9-16-5-7-17(8-6-16)15-30-11-3-4-21(30)32;/h5-8,14,19-20,31H,3-4,9-12,15H2,1-2H3,(H2,26,27,28,29);1H/t19-,20+;/m1./s1. The van der Waals surface area contributed by atoms with E-state index in [1.807, 2.05) is 18.7 Å². The van der Waals surface area contributed by atoms with Gasteiger partial charge in [0.15, 0.2) is 0 Å². The molecule has 1 aliphatic carbocycles. The summed E-state index contributed by atoms with van der Waals surface area (Å²) in [7, 11) is 0. The van der Waals surface area contributed by atoms with Gasteiger partial charge in [0, 0.05) is 38.9 Å². The number of amides is 1. The van der Waals surface area contributed by atoms with Crippen molar-refractivity contribution in [1.29, 1.82) is 5.26 Å². The number of likely N-dealkylation sites (tertiary alicyclic amines) is 1. The van der Waals surface area contributed by atoms with Crippen LogP contribution < -0.4 is 10.6 Å². The zero-order valence-electron chi connectivity index (χ0n) is 18.6. The minimum atomic E-state index is -0.354. The van der Waals surface area contributed by atoms with Crippen LogP contribution in [0.3, 0.4) is 0 Å².